The highest BCUT2D eigenvalue weighted by Gasteiger charge is 2.21. The minimum absolute atomic E-state index is 0.0184. The van der Waals surface area contributed by atoms with Gasteiger partial charge in [-0.25, -0.2) is 17.9 Å². The van der Waals surface area contributed by atoms with Crippen molar-refractivity contribution < 1.29 is 18.3 Å². The van der Waals surface area contributed by atoms with Crippen LogP contribution < -0.4 is 4.72 Å². The Hall–Kier alpha value is -2.22. The number of likely N-dealkylation sites (N-methyl/N-ethyl adjacent to an activating group) is 1. The Morgan fingerprint density at radius 1 is 1.16 bits per heavy atom. The maximum Gasteiger partial charge on any atom is 0.335 e. The third-order valence-electron chi connectivity index (χ3n) is 4.02. The lowest BCUT2D eigenvalue weighted by atomic mass is 10.1. The second kappa shape index (κ2) is 7.77. The van der Waals surface area contributed by atoms with Gasteiger partial charge in [0.25, 0.3) is 0 Å². The average molecular weight is 362 g/mol. The van der Waals surface area contributed by atoms with Crippen molar-refractivity contribution in [3.05, 3.63) is 65.2 Å². The van der Waals surface area contributed by atoms with E-state index < -0.39 is 16.0 Å². The Morgan fingerprint density at radius 2 is 1.80 bits per heavy atom. The molecule has 2 aromatic rings. The van der Waals surface area contributed by atoms with Crippen LogP contribution in [0.5, 0.6) is 0 Å². The Balaban J connectivity index is 2.23. The molecule has 0 bridgehead atoms. The number of carbonyl (C=O) groups is 1. The van der Waals surface area contributed by atoms with Gasteiger partial charge in [0.1, 0.15) is 0 Å². The van der Waals surface area contributed by atoms with Gasteiger partial charge in [-0.1, -0.05) is 36.4 Å². The summed E-state index contributed by atoms with van der Waals surface area (Å²) >= 11 is 0. The van der Waals surface area contributed by atoms with Crippen LogP contribution in [-0.4, -0.2) is 45.0 Å². The van der Waals surface area contributed by atoms with Crippen LogP contribution in [0, 0.1) is 6.92 Å². The number of carboxylic acids is 1. The first kappa shape index (κ1) is 19.1. The summed E-state index contributed by atoms with van der Waals surface area (Å²) in [7, 11) is -0.0589. The number of aryl methyl sites for hydroxylation is 1. The molecular formula is C18H22N2O4S. The second-order valence-corrected chi connectivity index (χ2v) is 7.79. The molecule has 0 aliphatic carbocycles. The number of benzene rings is 2. The summed E-state index contributed by atoms with van der Waals surface area (Å²) in [5.41, 5.74) is 1.49. The van der Waals surface area contributed by atoms with Gasteiger partial charge >= 0.3 is 5.97 Å². The minimum Gasteiger partial charge on any atom is -0.478 e. The van der Waals surface area contributed by atoms with Crippen LogP contribution in [0.3, 0.4) is 0 Å². The molecule has 134 valence electrons. The van der Waals surface area contributed by atoms with Crippen molar-refractivity contribution in [3.8, 4) is 0 Å². The SMILES string of the molecule is Cc1ccc(S(=O)(=O)NCC(c2ccccc2)N(C)C)cc1C(=O)O. The predicted molar refractivity (Wildman–Crippen MR) is 96.2 cm³/mol. The van der Waals surface area contributed by atoms with Crippen molar-refractivity contribution in [2.45, 2.75) is 17.9 Å². The van der Waals surface area contributed by atoms with E-state index in [0.29, 0.717) is 5.56 Å². The monoisotopic (exact) mass is 362 g/mol. The topological polar surface area (TPSA) is 86.7 Å². The maximum atomic E-state index is 12.6. The fourth-order valence-electron chi connectivity index (χ4n) is 2.54. The standard InChI is InChI=1S/C18H22N2O4S/c1-13-9-10-15(11-16(13)18(21)22)25(23,24)19-12-17(20(2)3)14-7-5-4-6-8-14/h4-11,17,19H,12H2,1-3H3,(H,21,22). The molecule has 7 heteroatoms. The van der Waals surface area contributed by atoms with Crippen molar-refractivity contribution in [3.63, 3.8) is 0 Å². The summed E-state index contributed by atoms with van der Waals surface area (Å²) in [4.78, 5) is 13.1. The van der Waals surface area contributed by atoms with Gasteiger partial charge in [0.2, 0.25) is 10.0 Å². The number of nitrogens with one attached hydrogen (secondary N) is 1. The molecule has 2 N–H and O–H groups in total. The zero-order chi connectivity index (χ0) is 18.6. The first-order valence-corrected chi connectivity index (χ1v) is 9.25. The molecule has 0 saturated heterocycles. The summed E-state index contributed by atoms with van der Waals surface area (Å²) in [6.45, 7) is 1.81. The number of carboxylic acid groups (broad SMARTS) is 1. The van der Waals surface area contributed by atoms with Gasteiger partial charge in [-0.2, -0.15) is 0 Å². The molecule has 2 aromatic carbocycles. The van der Waals surface area contributed by atoms with Crippen LogP contribution >= 0.6 is 0 Å². The Labute approximate surface area is 148 Å². The van der Waals surface area contributed by atoms with E-state index in [0.717, 1.165) is 5.56 Å². The highest BCUT2D eigenvalue weighted by atomic mass is 32.2. The van der Waals surface area contributed by atoms with E-state index in [1.54, 1.807) is 6.92 Å². The summed E-state index contributed by atoms with van der Waals surface area (Å²) in [6, 6.07) is 13.5. The molecule has 0 fully saturated rings. The van der Waals surface area contributed by atoms with Gasteiger partial charge in [-0.3, -0.25) is 0 Å². The molecule has 6 nitrogen and oxygen atoms in total. The smallest absolute Gasteiger partial charge is 0.335 e. The van der Waals surface area contributed by atoms with Gasteiger partial charge in [0.15, 0.2) is 0 Å². The Kier molecular flexibility index (Phi) is 5.94. The second-order valence-electron chi connectivity index (χ2n) is 6.02. The largest absolute Gasteiger partial charge is 0.478 e. The van der Waals surface area contributed by atoms with Gasteiger partial charge in [-0.15, -0.1) is 0 Å². The number of aromatic carboxylic acids is 1. The van der Waals surface area contributed by atoms with Gasteiger partial charge in [0, 0.05) is 12.6 Å². The predicted octanol–water partition coefficient (Wildman–Crippen LogP) is 2.27. The van der Waals surface area contributed by atoms with E-state index in [1.807, 2.05) is 49.3 Å². The van der Waals surface area contributed by atoms with E-state index in [9.17, 15) is 18.3 Å². The van der Waals surface area contributed by atoms with Crippen molar-refractivity contribution >= 4 is 16.0 Å². The molecule has 1 atom stereocenters. The fourth-order valence-corrected chi connectivity index (χ4v) is 3.61. The van der Waals surface area contributed by atoms with Crippen molar-refractivity contribution in [2.24, 2.45) is 0 Å². The molecule has 0 amide bonds. The normalized spacial score (nSPS) is 13.0. The zero-order valence-electron chi connectivity index (χ0n) is 14.4. The van der Waals surface area contributed by atoms with Crippen molar-refractivity contribution in [1.82, 2.24) is 9.62 Å². The number of rotatable bonds is 7. The van der Waals surface area contributed by atoms with E-state index in [-0.39, 0.29) is 23.0 Å². The number of hydrogen-bond donors (Lipinski definition) is 2. The highest BCUT2D eigenvalue weighted by molar-refractivity contribution is 7.89. The van der Waals surface area contributed by atoms with E-state index in [2.05, 4.69) is 4.72 Å². The summed E-state index contributed by atoms with van der Waals surface area (Å²) in [5, 5.41) is 9.17. The Bertz CT molecular complexity index is 849. The molecule has 0 saturated carbocycles. The molecule has 0 radical (unpaired) electrons. The fraction of sp³-hybridized carbons (Fsp3) is 0.278. The van der Waals surface area contributed by atoms with Crippen molar-refractivity contribution in [1.29, 1.82) is 0 Å². The molecule has 0 heterocycles. The third-order valence-corrected chi connectivity index (χ3v) is 5.45. The molecule has 1 unspecified atom stereocenters. The van der Waals surface area contributed by atoms with Crippen molar-refractivity contribution in [2.75, 3.05) is 20.6 Å². The lowest BCUT2D eigenvalue weighted by Gasteiger charge is -2.25. The van der Waals surface area contributed by atoms with Crippen LogP contribution in [0.25, 0.3) is 0 Å². The van der Waals surface area contributed by atoms with E-state index in [4.69, 9.17) is 0 Å². The summed E-state index contributed by atoms with van der Waals surface area (Å²) < 4.78 is 27.7. The lowest BCUT2D eigenvalue weighted by Crippen LogP contribution is -2.34. The average Bonchev–Trinajstić information content (AvgIpc) is 2.55. The Morgan fingerprint density at radius 3 is 2.36 bits per heavy atom. The van der Waals surface area contributed by atoms with E-state index in [1.165, 1.54) is 18.2 Å². The van der Waals surface area contributed by atoms with Crippen LogP contribution in [0.2, 0.25) is 0 Å². The first-order valence-electron chi connectivity index (χ1n) is 7.77. The van der Waals surface area contributed by atoms with Crippen LogP contribution in [0.1, 0.15) is 27.5 Å². The third kappa shape index (κ3) is 4.66. The lowest BCUT2D eigenvalue weighted by molar-refractivity contribution is 0.0696. The molecule has 25 heavy (non-hydrogen) atoms. The number of hydrogen-bond acceptors (Lipinski definition) is 4. The molecule has 0 spiro atoms. The highest BCUT2D eigenvalue weighted by Crippen LogP contribution is 2.19. The molecular weight excluding hydrogens is 340 g/mol. The minimum atomic E-state index is -3.81. The quantitative estimate of drug-likeness (QED) is 0.789. The maximum absolute atomic E-state index is 12.6. The molecule has 0 aliphatic heterocycles. The van der Waals surface area contributed by atoms with Gasteiger partial charge in [-0.05, 0) is 44.3 Å². The summed E-state index contributed by atoms with van der Waals surface area (Å²) in [5.74, 6) is -1.15. The van der Waals surface area contributed by atoms with Gasteiger partial charge in [0.05, 0.1) is 10.5 Å². The van der Waals surface area contributed by atoms with Crippen LogP contribution in [-0.2, 0) is 10.0 Å². The number of nitrogens with zero attached hydrogens (tertiary/aromatic N) is 1. The molecule has 0 aromatic heterocycles. The molecule has 2 rings (SSSR count). The van der Waals surface area contributed by atoms with Crippen LogP contribution in [0.4, 0.5) is 0 Å². The zero-order valence-corrected chi connectivity index (χ0v) is 15.2. The first-order chi connectivity index (χ1) is 11.7. The van der Waals surface area contributed by atoms with E-state index >= 15 is 0 Å². The number of sulfonamides is 1. The van der Waals surface area contributed by atoms with Gasteiger partial charge < -0.3 is 10.0 Å². The molecule has 0 aliphatic rings. The van der Waals surface area contributed by atoms with Crippen LogP contribution in [0.15, 0.2) is 53.4 Å². The summed E-state index contributed by atoms with van der Waals surface area (Å²) in [6.07, 6.45) is 0.